The standard InChI is InChI=1S/C23H16ClNO2S2/c24-18-7-4-8-19(14-18)25-22(26)21(29-23(25)28)13-16-9-11-20(12-10-16)27-15-17-5-2-1-3-6-17/h1-14H,15H2. The number of hydrogen-bond donors (Lipinski definition) is 0. The van der Waals surface area contributed by atoms with Crippen LogP contribution in [0, 0.1) is 0 Å². The van der Waals surface area contributed by atoms with Gasteiger partial charge in [-0.3, -0.25) is 9.69 Å². The van der Waals surface area contributed by atoms with E-state index in [2.05, 4.69) is 0 Å². The zero-order valence-electron chi connectivity index (χ0n) is 15.2. The van der Waals surface area contributed by atoms with E-state index in [-0.39, 0.29) is 5.91 Å². The lowest BCUT2D eigenvalue weighted by molar-refractivity contribution is -0.113. The summed E-state index contributed by atoms with van der Waals surface area (Å²) in [5.74, 6) is 0.629. The summed E-state index contributed by atoms with van der Waals surface area (Å²) < 4.78 is 6.30. The van der Waals surface area contributed by atoms with Crippen LogP contribution in [0.1, 0.15) is 11.1 Å². The van der Waals surface area contributed by atoms with Crippen molar-refractivity contribution < 1.29 is 9.53 Å². The molecule has 0 radical (unpaired) electrons. The smallest absolute Gasteiger partial charge is 0.270 e. The van der Waals surface area contributed by atoms with Crippen LogP contribution in [-0.2, 0) is 11.4 Å². The zero-order chi connectivity index (χ0) is 20.2. The van der Waals surface area contributed by atoms with Crippen molar-refractivity contribution in [2.24, 2.45) is 0 Å². The predicted molar refractivity (Wildman–Crippen MR) is 124 cm³/mol. The molecule has 6 heteroatoms. The Labute approximate surface area is 183 Å². The van der Waals surface area contributed by atoms with Crippen LogP contribution in [0.15, 0.2) is 83.8 Å². The number of hydrogen-bond acceptors (Lipinski definition) is 4. The molecule has 1 fully saturated rings. The molecule has 1 heterocycles. The Bertz CT molecular complexity index is 1080. The molecule has 3 aromatic rings. The minimum atomic E-state index is -0.147. The molecule has 0 unspecified atom stereocenters. The van der Waals surface area contributed by atoms with Gasteiger partial charge >= 0.3 is 0 Å². The second-order valence-electron chi connectivity index (χ2n) is 6.34. The molecule has 0 aromatic heterocycles. The van der Waals surface area contributed by atoms with Crippen LogP contribution < -0.4 is 9.64 Å². The van der Waals surface area contributed by atoms with E-state index in [0.29, 0.717) is 26.5 Å². The molecule has 4 rings (SSSR count). The highest BCUT2D eigenvalue weighted by Crippen LogP contribution is 2.36. The molecular formula is C23H16ClNO2S2. The average Bonchev–Trinajstić information content (AvgIpc) is 3.01. The predicted octanol–water partition coefficient (Wildman–Crippen LogP) is 6.32. The number of thioether (sulfide) groups is 1. The maximum Gasteiger partial charge on any atom is 0.270 e. The van der Waals surface area contributed by atoms with Crippen molar-refractivity contribution in [1.82, 2.24) is 0 Å². The average molecular weight is 438 g/mol. The normalized spacial score (nSPS) is 15.2. The second-order valence-corrected chi connectivity index (χ2v) is 8.45. The maximum atomic E-state index is 12.8. The summed E-state index contributed by atoms with van der Waals surface area (Å²) in [7, 11) is 0. The number of nitrogens with zero attached hydrogens (tertiary/aromatic N) is 1. The highest BCUT2D eigenvalue weighted by molar-refractivity contribution is 8.27. The highest BCUT2D eigenvalue weighted by atomic mass is 35.5. The fraction of sp³-hybridized carbons (Fsp3) is 0.0435. The Morgan fingerprint density at radius 3 is 2.48 bits per heavy atom. The van der Waals surface area contributed by atoms with Gasteiger partial charge in [0.05, 0.1) is 10.6 Å². The van der Waals surface area contributed by atoms with Crippen molar-refractivity contribution in [1.29, 1.82) is 0 Å². The summed E-state index contributed by atoms with van der Waals surface area (Å²) in [6.07, 6.45) is 1.84. The number of amides is 1. The van der Waals surface area contributed by atoms with Crippen molar-refractivity contribution in [3.05, 3.63) is 99.9 Å². The molecule has 0 N–H and O–H groups in total. The molecular weight excluding hydrogens is 422 g/mol. The third-order valence-electron chi connectivity index (χ3n) is 4.29. The van der Waals surface area contributed by atoms with Crippen LogP contribution in [0.4, 0.5) is 5.69 Å². The fourth-order valence-electron chi connectivity index (χ4n) is 2.86. The molecule has 144 valence electrons. The third-order valence-corrected chi connectivity index (χ3v) is 5.82. The minimum Gasteiger partial charge on any atom is -0.489 e. The summed E-state index contributed by atoms with van der Waals surface area (Å²) in [5, 5.41) is 0.562. The highest BCUT2D eigenvalue weighted by Gasteiger charge is 2.33. The van der Waals surface area contributed by atoms with E-state index < -0.39 is 0 Å². The van der Waals surface area contributed by atoms with Gasteiger partial charge < -0.3 is 4.74 Å². The van der Waals surface area contributed by atoms with Crippen molar-refractivity contribution in [2.75, 3.05) is 4.90 Å². The number of thiocarbonyl (C=S) groups is 1. The van der Waals surface area contributed by atoms with Gasteiger partial charge in [0.2, 0.25) is 0 Å². The van der Waals surface area contributed by atoms with Crippen LogP contribution in [0.3, 0.4) is 0 Å². The van der Waals surface area contributed by atoms with Gasteiger partial charge in [-0.25, -0.2) is 0 Å². The molecule has 0 atom stereocenters. The number of benzene rings is 3. The molecule has 0 aliphatic carbocycles. The molecule has 29 heavy (non-hydrogen) atoms. The van der Waals surface area contributed by atoms with Crippen LogP contribution in [0.25, 0.3) is 6.08 Å². The summed E-state index contributed by atoms with van der Waals surface area (Å²) >= 11 is 12.7. The molecule has 3 aromatic carbocycles. The number of carbonyl (C=O) groups is 1. The lowest BCUT2D eigenvalue weighted by Crippen LogP contribution is -2.27. The first-order valence-electron chi connectivity index (χ1n) is 8.90. The number of carbonyl (C=O) groups excluding carboxylic acids is 1. The minimum absolute atomic E-state index is 0.147. The van der Waals surface area contributed by atoms with Gasteiger partial charge in [-0.2, -0.15) is 0 Å². The third kappa shape index (κ3) is 4.70. The molecule has 3 nitrogen and oxygen atoms in total. The maximum absolute atomic E-state index is 12.8. The topological polar surface area (TPSA) is 29.5 Å². The van der Waals surface area contributed by atoms with Crippen molar-refractivity contribution in [2.45, 2.75) is 6.61 Å². The van der Waals surface area contributed by atoms with Gasteiger partial charge in [0.15, 0.2) is 4.32 Å². The first-order chi connectivity index (χ1) is 14.1. The van der Waals surface area contributed by atoms with E-state index in [4.69, 9.17) is 28.6 Å². The first-order valence-corrected chi connectivity index (χ1v) is 10.5. The lowest BCUT2D eigenvalue weighted by atomic mass is 10.2. The van der Waals surface area contributed by atoms with E-state index in [0.717, 1.165) is 16.9 Å². The van der Waals surface area contributed by atoms with Gasteiger partial charge in [-0.15, -0.1) is 0 Å². The summed E-state index contributed by atoms with van der Waals surface area (Å²) in [6.45, 7) is 0.512. The second kappa shape index (κ2) is 8.82. The van der Waals surface area contributed by atoms with Crippen LogP contribution >= 0.6 is 35.6 Å². The number of ether oxygens (including phenoxy) is 1. The molecule has 0 bridgehead atoms. The van der Waals surface area contributed by atoms with Crippen molar-refractivity contribution >= 4 is 57.6 Å². The fourth-order valence-corrected chi connectivity index (χ4v) is 4.34. The van der Waals surface area contributed by atoms with E-state index in [1.807, 2.05) is 66.7 Å². The van der Waals surface area contributed by atoms with E-state index >= 15 is 0 Å². The van der Waals surface area contributed by atoms with Crippen LogP contribution in [-0.4, -0.2) is 10.2 Å². The Balaban J connectivity index is 1.46. The molecule has 1 aliphatic heterocycles. The number of halogens is 1. The summed E-state index contributed by atoms with van der Waals surface area (Å²) in [4.78, 5) is 14.9. The monoisotopic (exact) mass is 437 g/mol. The van der Waals surface area contributed by atoms with E-state index in [1.54, 1.807) is 18.2 Å². The van der Waals surface area contributed by atoms with Crippen LogP contribution in [0.2, 0.25) is 5.02 Å². The lowest BCUT2D eigenvalue weighted by Gasteiger charge is -2.14. The van der Waals surface area contributed by atoms with Gasteiger partial charge in [0.25, 0.3) is 5.91 Å². The zero-order valence-corrected chi connectivity index (χ0v) is 17.6. The molecule has 1 aliphatic rings. The Hall–Kier alpha value is -2.60. The van der Waals surface area contributed by atoms with Crippen molar-refractivity contribution in [3.63, 3.8) is 0 Å². The van der Waals surface area contributed by atoms with Gasteiger partial charge in [-0.1, -0.05) is 84.1 Å². The number of anilines is 1. The first kappa shape index (κ1) is 19.7. The summed E-state index contributed by atoms with van der Waals surface area (Å²) in [5.41, 5.74) is 2.69. The van der Waals surface area contributed by atoms with Gasteiger partial charge in [0.1, 0.15) is 12.4 Å². The largest absolute Gasteiger partial charge is 0.489 e. The molecule has 1 saturated heterocycles. The van der Waals surface area contributed by atoms with E-state index in [9.17, 15) is 4.79 Å². The van der Waals surface area contributed by atoms with Crippen molar-refractivity contribution in [3.8, 4) is 5.75 Å². The molecule has 0 saturated carbocycles. The van der Waals surface area contributed by atoms with E-state index in [1.165, 1.54) is 16.7 Å². The SMILES string of the molecule is O=C1C(=Cc2ccc(OCc3ccccc3)cc2)SC(=S)N1c1cccc(Cl)c1. The Morgan fingerprint density at radius 1 is 1.00 bits per heavy atom. The molecule has 0 spiro atoms. The van der Waals surface area contributed by atoms with Gasteiger partial charge in [-0.05, 0) is 47.5 Å². The quantitative estimate of drug-likeness (QED) is 0.345. The number of rotatable bonds is 5. The molecule has 1 amide bonds. The summed E-state index contributed by atoms with van der Waals surface area (Å²) in [6, 6.07) is 24.8. The Kier molecular flexibility index (Phi) is 6.00. The Morgan fingerprint density at radius 2 is 1.76 bits per heavy atom. The van der Waals surface area contributed by atoms with Gasteiger partial charge in [0, 0.05) is 5.02 Å². The van der Waals surface area contributed by atoms with Crippen LogP contribution in [0.5, 0.6) is 5.75 Å².